The number of rotatable bonds is 5. The maximum atomic E-state index is 4.04. The Labute approximate surface area is 63.7 Å². The molecule has 2 unspecified atom stereocenters. The average molecular weight is 142 g/mol. The Balaban J connectivity index is 3.63. The van der Waals surface area contributed by atoms with Gasteiger partial charge in [0.2, 0.25) is 0 Å². The van der Waals surface area contributed by atoms with E-state index < -0.39 is 0 Å². The molecule has 0 aromatic carbocycles. The molecule has 0 bridgehead atoms. The van der Waals surface area contributed by atoms with Crippen LogP contribution < -0.4 is 5.32 Å². The summed E-state index contributed by atoms with van der Waals surface area (Å²) in [6.45, 7) is 8.92. The Hall–Kier alpha value is -0.370. The normalized spacial score (nSPS) is 16.3. The fourth-order valence-corrected chi connectivity index (χ4v) is 1.17. The van der Waals surface area contributed by atoms with Crippen LogP contribution in [0.1, 0.15) is 20.3 Å². The molecular formula is C8H18N2. The van der Waals surface area contributed by atoms with Gasteiger partial charge in [-0.1, -0.05) is 13.8 Å². The lowest BCUT2D eigenvalue weighted by Gasteiger charge is -2.17. The van der Waals surface area contributed by atoms with Crippen molar-refractivity contribution in [3.63, 3.8) is 0 Å². The first kappa shape index (κ1) is 9.63. The van der Waals surface area contributed by atoms with Crippen molar-refractivity contribution in [3.05, 3.63) is 0 Å². The van der Waals surface area contributed by atoms with E-state index in [4.69, 9.17) is 0 Å². The summed E-state index contributed by atoms with van der Waals surface area (Å²) in [7, 11) is 1.96. The predicted molar refractivity (Wildman–Crippen MR) is 46.7 cm³/mol. The van der Waals surface area contributed by atoms with E-state index in [1.807, 2.05) is 7.05 Å². The number of nitrogens with zero attached hydrogens (tertiary/aromatic N) is 1. The molecule has 0 aliphatic heterocycles. The molecule has 0 spiro atoms. The molecule has 0 aliphatic carbocycles. The zero-order chi connectivity index (χ0) is 7.98. The van der Waals surface area contributed by atoms with Gasteiger partial charge in [0.1, 0.15) is 0 Å². The number of aliphatic imine (C=N–C) groups is 1. The molecule has 10 heavy (non-hydrogen) atoms. The summed E-state index contributed by atoms with van der Waals surface area (Å²) in [4.78, 5) is 4.04. The minimum absolute atomic E-state index is 0.424. The smallest absolute Gasteiger partial charge is 0.0527 e. The zero-order valence-corrected chi connectivity index (χ0v) is 7.22. The number of hydrogen-bond donors (Lipinski definition) is 1. The van der Waals surface area contributed by atoms with Crippen molar-refractivity contribution in [3.8, 4) is 0 Å². The van der Waals surface area contributed by atoms with Crippen LogP contribution >= 0.6 is 0 Å². The number of nitrogens with one attached hydrogen (secondary N) is 1. The SMILES string of the molecule is C=NC(CC)C(C)CNC. The lowest BCUT2D eigenvalue weighted by Crippen LogP contribution is -2.25. The van der Waals surface area contributed by atoms with Crippen LogP contribution in [0.3, 0.4) is 0 Å². The van der Waals surface area contributed by atoms with Gasteiger partial charge in [-0.3, -0.25) is 4.99 Å². The average Bonchev–Trinajstić information content (AvgIpc) is 1.91. The van der Waals surface area contributed by atoms with Crippen LogP contribution in [0.15, 0.2) is 4.99 Å². The van der Waals surface area contributed by atoms with Gasteiger partial charge in [0.25, 0.3) is 0 Å². The summed E-state index contributed by atoms with van der Waals surface area (Å²) in [6, 6.07) is 0.424. The third-order valence-electron chi connectivity index (χ3n) is 1.84. The molecule has 0 aromatic rings. The monoisotopic (exact) mass is 142 g/mol. The molecule has 1 N–H and O–H groups in total. The minimum Gasteiger partial charge on any atom is -0.319 e. The zero-order valence-electron chi connectivity index (χ0n) is 7.22. The molecule has 60 valence electrons. The van der Waals surface area contributed by atoms with Gasteiger partial charge in [0, 0.05) is 0 Å². The molecule has 0 heterocycles. The number of hydrogen-bond acceptors (Lipinski definition) is 2. The summed E-state index contributed by atoms with van der Waals surface area (Å²) in [6.07, 6.45) is 1.09. The summed E-state index contributed by atoms with van der Waals surface area (Å²) in [5.74, 6) is 0.604. The first-order chi connectivity index (χ1) is 4.76. The van der Waals surface area contributed by atoms with Crippen LogP contribution in [0.5, 0.6) is 0 Å². The van der Waals surface area contributed by atoms with Gasteiger partial charge in [0.05, 0.1) is 6.04 Å². The topological polar surface area (TPSA) is 24.4 Å². The largest absolute Gasteiger partial charge is 0.319 e. The highest BCUT2D eigenvalue weighted by Gasteiger charge is 2.10. The quantitative estimate of drug-likeness (QED) is 0.575. The second-order valence-corrected chi connectivity index (χ2v) is 2.69. The summed E-state index contributed by atoms with van der Waals surface area (Å²) < 4.78 is 0. The van der Waals surface area contributed by atoms with Crippen LogP contribution in [0, 0.1) is 5.92 Å². The van der Waals surface area contributed by atoms with Gasteiger partial charge >= 0.3 is 0 Å². The Morgan fingerprint density at radius 2 is 2.20 bits per heavy atom. The fraction of sp³-hybridized carbons (Fsp3) is 0.875. The van der Waals surface area contributed by atoms with E-state index in [0.717, 1.165) is 13.0 Å². The molecule has 0 amide bonds. The first-order valence-electron chi connectivity index (χ1n) is 3.86. The molecule has 0 rings (SSSR count). The molecule has 0 aromatic heterocycles. The fourth-order valence-electron chi connectivity index (χ4n) is 1.17. The Bertz CT molecular complexity index is 91.3. The standard InChI is InChI=1S/C8H18N2/c1-5-8(10-4)7(2)6-9-3/h7-9H,4-6H2,1-3H3. The lowest BCUT2D eigenvalue weighted by molar-refractivity contribution is 0.433. The summed E-state index contributed by atoms with van der Waals surface area (Å²) >= 11 is 0. The predicted octanol–water partition coefficient (Wildman–Crippen LogP) is 1.32. The van der Waals surface area contributed by atoms with Crippen LogP contribution in [0.25, 0.3) is 0 Å². The molecule has 2 nitrogen and oxygen atoms in total. The van der Waals surface area contributed by atoms with Crippen molar-refractivity contribution in [1.82, 2.24) is 5.32 Å². The molecule has 0 saturated heterocycles. The van der Waals surface area contributed by atoms with E-state index in [1.165, 1.54) is 0 Å². The van der Waals surface area contributed by atoms with Gasteiger partial charge in [0.15, 0.2) is 0 Å². The third kappa shape index (κ3) is 2.97. The molecule has 0 radical (unpaired) electrons. The van der Waals surface area contributed by atoms with Crippen molar-refractivity contribution in [2.24, 2.45) is 10.9 Å². The van der Waals surface area contributed by atoms with Crippen molar-refractivity contribution >= 4 is 6.72 Å². The van der Waals surface area contributed by atoms with Crippen molar-refractivity contribution < 1.29 is 0 Å². The van der Waals surface area contributed by atoms with Crippen molar-refractivity contribution in [1.29, 1.82) is 0 Å². The Morgan fingerprint density at radius 3 is 2.50 bits per heavy atom. The van der Waals surface area contributed by atoms with E-state index in [-0.39, 0.29) is 0 Å². The van der Waals surface area contributed by atoms with E-state index in [1.54, 1.807) is 0 Å². The van der Waals surface area contributed by atoms with Gasteiger partial charge < -0.3 is 5.32 Å². The van der Waals surface area contributed by atoms with Gasteiger partial charge in [-0.15, -0.1) is 0 Å². The van der Waals surface area contributed by atoms with E-state index in [0.29, 0.717) is 12.0 Å². The maximum absolute atomic E-state index is 4.04. The van der Waals surface area contributed by atoms with Crippen LogP contribution in [0.2, 0.25) is 0 Å². The molecular weight excluding hydrogens is 124 g/mol. The molecule has 0 aliphatic rings. The second kappa shape index (κ2) is 5.42. The molecule has 2 heteroatoms. The third-order valence-corrected chi connectivity index (χ3v) is 1.84. The van der Waals surface area contributed by atoms with Crippen molar-refractivity contribution in [2.45, 2.75) is 26.3 Å². The lowest BCUT2D eigenvalue weighted by atomic mass is 10.0. The van der Waals surface area contributed by atoms with Crippen LogP contribution in [-0.2, 0) is 0 Å². The molecule has 0 fully saturated rings. The van der Waals surface area contributed by atoms with Gasteiger partial charge in [-0.2, -0.15) is 0 Å². The highest BCUT2D eigenvalue weighted by molar-refractivity contribution is 5.24. The maximum Gasteiger partial charge on any atom is 0.0527 e. The first-order valence-corrected chi connectivity index (χ1v) is 3.86. The minimum atomic E-state index is 0.424. The molecule has 0 saturated carbocycles. The van der Waals surface area contributed by atoms with Gasteiger partial charge in [-0.05, 0) is 32.6 Å². The van der Waals surface area contributed by atoms with E-state index >= 15 is 0 Å². The van der Waals surface area contributed by atoms with E-state index in [2.05, 4.69) is 30.9 Å². The highest BCUT2D eigenvalue weighted by atomic mass is 14.8. The van der Waals surface area contributed by atoms with Gasteiger partial charge in [-0.25, -0.2) is 0 Å². The molecule has 2 atom stereocenters. The summed E-state index contributed by atoms with van der Waals surface area (Å²) in [5, 5.41) is 3.13. The second-order valence-electron chi connectivity index (χ2n) is 2.69. The van der Waals surface area contributed by atoms with Crippen LogP contribution in [0.4, 0.5) is 0 Å². The Morgan fingerprint density at radius 1 is 1.60 bits per heavy atom. The van der Waals surface area contributed by atoms with E-state index in [9.17, 15) is 0 Å². The Kier molecular flexibility index (Phi) is 5.22. The van der Waals surface area contributed by atoms with Crippen LogP contribution in [-0.4, -0.2) is 26.4 Å². The summed E-state index contributed by atoms with van der Waals surface area (Å²) in [5.41, 5.74) is 0. The van der Waals surface area contributed by atoms with Crippen molar-refractivity contribution in [2.75, 3.05) is 13.6 Å². The highest BCUT2D eigenvalue weighted by Crippen LogP contribution is 2.08.